The smallest absolute Gasteiger partial charge is 0.370 e. The van der Waals surface area contributed by atoms with Gasteiger partial charge in [0.1, 0.15) is 24.2 Å². The fourth-order valence-electron chi connectivity index (χ4n) is 11.0. The maximum atomic E-state index is 15.0. The molecule has 4 heterocycles. The van der Waals surface area contributed by atoms with Crippen LogP contribution in [0.3, 0.4) is 0 Å². The van der Waals surface area contributed by atoms with Crippen LogP contribution in [0.25, 0.3) is 5.57 Å². The predicted molar refractivity (Wildman–Crippen MR) is 298 cm³/mol. The topological polar surface area (TPSA) is 295 Å². The van der Waals surface area contributed by atoms with Gasteiger partial charge in [0, 0.05) is 74.1 Å². The van der Waals surface area contributed by atoms with Crippen molar-refractivity contribution >= 4 is 66.3 Å². The molecule has 0 radical (unpaired) electrons. The number of amides is 9. The number of carbonyl (C=O) groups excluding carboxylic acids is 9. The Labute approximate surface area is 478 Å². The number of hydrogen-bond donors (Lipinski definition) is 7. The highest BCUT2D eigenvalue weighted by Crippen LogP contribution is 2.59. The number of nitrogens with one attached hydrogen (secondary N) is 4. The Balaban J connectivity index is 0.949. The summed E-state index contributed by atoms with van der Waals surface area (Å²) in [6.45, 7) is 1.52. The van der Waals surface area contributed by atoms with Gasteiger partial charge in [-0.15, -0.1) is 0 Å². The number of piperidine rings is 1. The molecule has 4 aromatic carbocycles. The van der Waals surface area contributed by atoms with Crippen LogP contribution in [0.5, 0.6) is 0 Å². The molecular weight excluding hydrogens is 1090 g/mol. The van der Waals surface area contributed by atoms with Crippen molar-refractivity contribution in [3.63, 3.8) is 0 Å². The van der Waals surface area contributed by atoms with Crippen molar-refractivity contribution in [2.24, 2.45) is 5.73 Å². The van der Waals surface area contributed by atoms with Crippen molar-refractivity contribution < 1.29 is 66.3 Å². The molecule has 4 aromatic rings. The number of nitrogens with two attached hydrogens (primary N) is 1. The van der Waals surface area contributed by atoms with E-state index in [0.717, 1.165) is 41.5 Å². The van der Waals surface area contributed by atoms with Gasteiger partial charge in [-0.2, -0.15) is 8.78 Å². The molecule has 436 valence electrons. The summed E-state index contributed by atoms with van der Waals surface area (Å²) in [4.78, 5) is 144. The highest BCUT2D eigenvalue weighted by molar-refractivity contribution is 7.52. The standard InChI is InChI=1S/C60H65F2N8O12P/c1-37(38-22-24-42(25-23-38)60(61,62)83(80,81)82)34-52(73)64-47-36-68(53(74)21-12-4-2-3-7-14-39-19-13-20-44-45(39)35-69(58(44)78)48-29-31-51(72)66-56(48)76)33-32-43-26-28-49(70(43)59(47)79)57(77)65-46(27-30-50(63)71)55(75)67-54(40-15-8-5-9-16-40)41-17-10-6-11-18-41/h5-6,8-11,13,15-20,22-25,34,43,46-49,54H,2-4,12,21,26-33,35-36H2,1H3,(H2,63,71)(H,64,73)(H,65,77)(H,67,75)(H,66,72,76)(H2,80,81,82). The van der Waals surface area contributed by atoms with Crippen LogP contribution in [0.2, 0.25) is 0 Å². The molecule has 4 aliphatic heterocycles. The number of benzene rings is 4. The molecule has 0 aromatic heterocycles. The average molecular weight is 1160 g/mol. The fraction of sp³-hybridized carbons (Fsp3) is 0.383. The molecule has 23 heteroatoms. The maximum Gasteiger partial charge on any atom is 0.399 e. The lowest BCUT2D eigenvalue weighted by atomic mass is 9.98. The number of allylic oxidation sites excluding steroid dienone is 1. The third-order valence-electron chi connectivity index (χ3n) is 15.4. The average Bonchev–Trinajstić information content (AvgIpc) is 4.24. The largest absolute Gasteiger partial charge is 0.399 e. The number of fused-ring (bicyclic) bond motifs is 2. The van der Waals surface area contributed by atoms with E-state index in [-0.39, 0.29) is 93.4 Å². The fourth-order valence-corrected chi connectivity index (χ4v) is 11.4. The first kappa shape index (κ1) is 60.7. The summed E-state index contributed by atoms with van der Waals surface area (Å²) in [7, 11) is -5.86. The zero-order chi connectivity index (χ0) is 59.6. The van der Waals surface area contributed by atoms with Crippen molar-refractivity contribution in [2.45, 2.75) is 132 Å². The van der Waals surface area contributed by atoms with Crippen LogP contribution < -0.4 is 27.0 Å². The number of unbranched alkanes of at least 4 members (excludes halogenated alkanes) is 3. The lowest BCUT2D eigenvalue weighted by Gasteiger charge is -2.39. The van der Waals surface area contributed by atoms with E-state index in [9.17, 15) is 66.3 Å². The second-order valence-electron chi connectivity index (χ2n) is 21.1. The molecule has 0 aliphatic carbocycles. The van der Waals surface area contributed by atoms with Crippen LogP contribution >= 0.6 is 7.60 Å². The Hall–Kier alpha value is -8.38. The molecule has 5 atom stereocenters. The van der Waals surface area contributed by atoms with Crippen molar-refractivity contribution in [1.82, 2.24) is 36.0 Å². The highest BCUT2D eigenvalue weighted by Gasteiger charge is 2.50. The Morgan fingerprint density at radius 1 is 0.843 bits per heavy atom. The number of imide groups is 1. The summed E-state index contributed by atoms with van der Waals surface area (Å²) >= 11 is 0. The first-order valence-corrected chi connectivity index (χ1v) is 29.1. The van der Waals surface area contributed by atoms with Crippen molar-refractivity contribution in [1.29, 1.82) is 0 Å². The van der Waals surface area contributed by atoms with Gasteiger partial charge in [0.05, 0.1) is 6.04 Å². The monoisotopic (exact) mass is 1160 g/mol. The van der Waals surface area contributed by atoms with E-state index in [0.29, 0.717) is 48.8 Å². The van der Waals surface area contributed by atoms with Crippen LogP contribution in [-0.4, -0.2) is 121 Å². The minimum Gasteiger partial charge on any atom is -0.370 e. The van der Waals surface area contributed by atoms with Gasteiger partial charge < -0.3 is 46.2 Å². The van der Waals surface area contributed by atoms with Gasteiger partial charge in [0.2, 0.25) is 47.3 Å². The Morgan fingerprint density at radius 2 is 1.53 bits per heavy atom. The normalized spacial score (nSPS) is 19.6. The molecule has 8 rings (SSSR count). The van der Waals surface area contributed by atoms with Gasteiger partial charge in [-0.1, -0.05) is 109 Å². The summed E-state index contributed by atoms with van der Waals surface area (Å²) in [6.07, 6.45) is 4.06. The van der Waals surface area contributed by atoms with Gasteiger partial charge in [-0.05, 0) is 91.8 Å². The molecule has 0 saturated carbocycles. The minimum absolute atomic E-state index is 0.0897. The molecular formula is C60H65F2N8O12P. The van der Waals surface area contributed by atoms with E-state index < -0.39 is 90.5 Å². The molecule has 0 spiro atoms. The molecule has 3 saturated heterocycles. The molecule has 5 unspecified atom stereocenters. The maximum absolute atomic E-state index is 15.0. The molecule has 20 nitrogen and oxygen atoms in total. The second kappa shape index (κ2) is 26.7. The first-order valence-electron chi connectivity index (χ1n) is 27.5. The van der Waals surface area contributed by atoms with Crippen LogP contribution in [-0.2, 0) is 55.1 Å². The number of rotatable bonds is 20. The summed E-state index contributed by atoms with van der Waals surface area (Å²) in [5.74, 6) is 1.33. The van der Waals surface area contributed by atoms with Crippen LogP contribution in [0, 0.1) is 11.8 Å². The van der Waals surface area contributed by atoms with Gasteiger partial charge in [-0.25, -0.2) is 0 Å². The summed E-state index contributed by atoms with van der Waals surface area (Å²) in [5, 5.41) is 10.8. The quantitative estimate of drug-likeness (QED) is 0.0206. The molecule has 83 heavy (non-hydrogen) atoms. The number of carbonyl (C=O) groups is 9. The molecule has 4 aliphatic rings. The van der Waals surface area contributed by atoms with E-state index in [1.54, 1.807) is 18.2 Å². The van der Waals surface area contributed by atoms with Crippen LogP contribution in [0.4, 0.5) is 8.78 Å². The molecule has 0 bridgehead atoms. The molecule has 8 N–H and O–H groups in total. The van der Waals surface area contributed by atoms with Crippen LogP contribution in [0.1, 0.15) is 134 Å². The van der Waals surface area contributed by atoms with Gasteiger partial charge in [0.25, 0.3) is 5.91 Å². The van der Waals surface area contributed by atoms with E-state index >= 15 is 0 Å². The Morgan fingerprint density at radius 3 is 2.18 bits per heavy atom. The first-order chi connectivity index (χ1) is 39.6. The lowest BCUT2D eigenvalue weighted by Crippen LogP contribution is -2.62. The zero-order valence-corrected chi connectivity index (χ0v) is 46.5. The number of alkyl halides is 2. The third-order valence-corrected chi connectivity index (χ3v) is 16.4. The Kier molecular flexibility index (Phi) is 19.5. The van der Waals surface area contributed by atoms with Crippen LogP contribution in [0.15, 0.2) is 109 Å². The second-order valence-corrected chi connectivity index (χ2v) is 22.7. The Bertz CT molecular complexity index is 3250. The highest BCUT2D eigenvalue weighted by atomic mass is 31.2. The van der Waals surface area contributed by atoms with Gasteiger partial charge >= 0.3 is 13.3 Å². The third kappa shape index (κ3) is 14.6. The lowest BCUT2D eigenvalue weighted by molar-refractivity contribution is -0.147. The summed E-state index contributed by atoms with van der Waals surface area (Å²) in [5.41, 5.74) is 3.89. The van der Waals surface area contributed by atoms with Crippen molar-refractivity contribution in [2.75, 3.05) is 13.1 Å². The number of primary amides is 1. The van der Waals surface area contributed by atoms with E-state index in [2.05, 4.69) is 33.1 Å². The minimum atomic E-state index is -5.86. The van der Waals surface area contributed by atoms with Crippen molar-refractivity contribution in [3.8, 4) is 11.8 Å². The van der Waals surface area contributed by atoms with E-state index in [4.69, 9.17) is 5.73 Å². The summed E-state index contributed by atoms with van der Waals surface area (Å²) in [6, 6.07) is 21.7. The van der Waals surface area contributed by atoms with Crippen molar-refractivity contribution in [3.05, 3.63) is 148 Å². The van der Waals surface area contributed by atoms with Gasteiger partial charge in [-0.3, -0.25) is 53.0 Å². The number of nitrogens with zero attached hydrogens (tertiary/aromatic N) is 3. The SMILES string of the molecule is CC(=CC(=O)NC1CN(C(=O)CCCCCC#Cc2cccc3c2CN(C2CCC(=O)NC2=O)C3=O)CCC2CCC(C(=O)NC(CCC(N)=O)C(=O)NC(c3ccccc3)c3ccccc3)N2C1=O)c1ccc(C(F)(F)P(=O)(O)O)cc1. The number of hydrogen-bond acceptors (Lipinski definition) is 10. The van der Waals surface area contributed by atoms with Gasteiger partial charge in [0.15, 0.2) is 0 Å². The van der Waals surface area contributed by atoms with E-state index in [1.165, 1.54) is 21.6 Å². The van der Waals surface area contributed by atoms with E-state index in [1.807, 2.05) is 60.7 Å². The zero-order valence-electron chi connectivity index (χ0n) is 45.6. The summed E-state index contributed by atoms with van der Waals surface area (Å²) < 4.78 is 40.4. The number of halogens is 2. The molecule has 3 fully saturated rings. The molecule has 9 amide bonds. The predicted octanol–water partition coefficient (Wildman–Crippen LogP) is 4.81.